The number of hydrogen-bond acceptors (Lipinski definition) is 2. The third-order valence-electron chi connectivity index (χ3n) is 2.85. The van der Waals surface area contributed by atoms with E-state index >= 15 is 0 Å². The molecule has 0 bridgehead atoms. The molecule has 1 heterocycles. The summed E-state index contributed by atoms with van der Waals surface area (Å²) >= 11 is 5.01. The molecule has 0 spiro atoms. The van der Waals surface area contributed by atoms with Crippen LogP contribution in [0.3, 0.4) is 0 Å². The van der Waals surface area contributed by atoms with Crippen molar-refractivity contribution in [3.63, 3.8) is 0 Å². The van der Waals surface area contributed by atoms with Crippen molar-refractivity contribution in [2.24, 2.45) is 0 Å². The molecule has 1 rings (SSSR count). The molecule has 0 aromatic heterocycles. The first-order valence-corrected chi connectivity index (χ1v) is 6.43. The Labute approximate surface area is 93.2 Å². The molecule has 2 heteroatoms. The van der Waals surface area contributed by atoms with Gasteiger partial charge in [-0.15, -0.1) is 0 Å². The largest absolute Gasteiger partial charge is 0.484 e. The number of unbranched alkanes of at least 4 members (excludes halogenated alkanes) is 5. The fraction of sp³-hybridized carbons (Fsp3) is 0.917. The number of rotatable bonds is 7. The zero-order valence-corrected chi connectivity index (χ0v) is 10.1. The van der Waals surface area contributed by atoms with Crippen LogP contribution in [0.2, 0.25) is 0 Å². The highest BCUT2D eigenvalue weighted by molar-refractivity contribution is 7.80. The van der Waals surface area contributed by atoms with Gasteiger partial charge in [-0.1, -0.05) is 39.0 Å². The Bertz CT molecular complexity index is 168. The van der Waals surface area contributed by atoms with Crippen molar-refractivity contribution in [3.05, 3.63) is 0 Å². The SMILES string of the molecule is CCCCCCCCC1CCC(=S)O1. The average molecular weight is 214 g/mol. The number of ether oxygens (including phenoxy) is 1. The lowest BCUT2D eigenvalue weighted by Crippen LogP contribution is -2.05. The first-order chi connectivity index (χ1) is 6.83. The summed E-state index contributed by atoms with van der Waals surface area (Å²) in [4.78, 5) is 0. The fourth-order valence-corrected chi connectivity index (χ4v) is 2.19. The second-order valence-electron chi connectivity index (χ2n) is 4.21. The van der Waals surface area contributed by atoms with E-state index in [2.05, 4.69) is 6.92 Å². The van der Waals surface area contributed by atoms with Crippen molar-refractivity contribution in [1.29, 1.82) is 0 Å². The normalized spacial score (nSPS) is 21.2. The summed E-state index contributed by atoms with van der Waals surface area (Å²) in [7, 11) is 0. The summed E-state index contributed by atoms with van der Waals surface area (Å²) in [6, 6.07) is 0. The Balaban J connectivity index is 1.86. The third-order valence-corrected chi connectivity index (χ3v) is 3.15. The topological polar surface area (TPSA) is 9.23 Å². The highest BCUT2D eigenvalue weighted by Crippen LogP contribution is 2.20. The number of thiocarbonyl (C=S) groups is 1. The summed E-state index contributed by atoms with van der Waals surface area (Å²) in [6.07, 6.45) is 12.0. The van der Waals surface area contributed by atoms with Crippen LogP contribution >= 0.6 is 12.2 Å². The maximum atomic E-state index is 5.52. The molecule has 0 amide bonds. The van der Waals surface area contributed by atoms with Gasteiger partial charge in [-0.25, -0.2) is 0 Å². The lowest BCUT2D eigenvalue weighted by atomic mass is 10.1. The summed E-state index contributed by atoms with van der Waals surface area (Å²) < 4.78 is 5.52. The van der Waals surface area contributed by atoms with Crippen molar-refractivity contribution < 1.29 is 4.74 Å². The zero-order chi connectivity index (χ0) is 10.2. The predicted molar refractivity (Wildman–Crippen MR) is 64.7 cm³/mol. The van der Waals surface area contributed by atoms with Crippen molar-refractivity contribution >= 4 is 17.3 Å². The Morgan fingerprint density at radius 1 is 1.21 bits per heavy atom. The molecule has 14 heavy (non-hydrogen) atoms. The van der Waals surface area contributed by atoms with Crippen LogP contribution in [-0.4, -0.2) is 11.2 Å². The second kappa shape index (κ2) is 7.22. The maximum Gasteiger partial charge on any atom is 0.160 e. The van der Waals surface area contributed by atoms with E-state index < -0.39 is 0 Å². The number of hydrogen-bond donors (Lipinski definition) is 0. The van der Waals surface area contributed by atoms with E-state index in [1.54, 1.807) is 0 Å². The highest BCUT2D eigenvalue weighted by Gasteiger charge is 2.19. The average Bonchev–Trinajstić information content (AvgIpc) is 2.58. The van der Waals surface area contributed by atoms with E-state index in [0.29, 0.717) is 6.10 Å². The van der Waals surface area contributed by atoms with Gasteiger partial charge >= 0.3 is 0 Å². The van der Waals surface area contributed by atoms with Gasteiger partial charge in [0.2, 0.25) is 0 Å². The lowest BCUT2D eigenvalue weighted by molar-refractivity contribution is 0.207. The van der Waals surface area contributed by atoms with E-state index in [4.69, 9.17) is 17.0 Å². The van der Waals surface area contributed by atoms with Gasteiger partial charge in [-0.2, -0.15) is 0 Å². The Kier molecular flexibility index (Phi) is 6.17. The summed E-state index contributed by atoms with van der Waals surface area (Å²) in [6.45, 7) is 2.26. The summed E-state index contributed by atoms with van der Waals surface area (Å²) in [5.74, 6) is 0. The van der Waals surface area contributed by atoms with Crippen molar-refractivity contribution in [1.82, 2.24) is 0 Å². The third kappa shape index (κ3) is 4.94. The molecule has 1 aliphatic rings. The minimum Gasteiger partial charge on any atom is -0.484 e. The van der Waals surface area contributed by atoms with Gasteiger partial charge in [0.05, 0.1) is 6.10 Å². The van der Waals surface area contributed by atoms with Gasteiger partial charge in [-0.05, 0) is 31.5 Å². The van der Waals surface area contributed by atoms with Crippen molar-refractivity contribution in [3.8, 4) is 0 Å². The summed E-state index contributed by atoms with van der Waals surface area (Å²) in [5, 5.41) is 0.834. The van der Waals surface area contributed by atoms with E-state index in [0.717, 1.165) is 17.9 Å². The van der Waals surface area contributed by atoms with Gasteiger partial charge in [0, 0.05) is 6.42 Å². The van der Waals surface area contributed by atoms with Crippen LogP contribution in [0, 0.1) is 0 Å². The molecule has 1 saturated heterocycles. The molecule has 0 saturated carbocycles. The van der Waals surface area contributed by atoms with E-state index in [-0.39, 0.29) is 0 Å². The van der Waals surface area contributed by atoms with E-state index in [1.807, 2.05) is 0 Å². The summed E-state index contributed by atoms with van der Waals surface area (Å²) in [5.41, 5.74) is 0. The van der Waals surface area contributed by atoms with Crippen LogP contribution < -0.4 is 0 Å². The zero-order valence-electron chi connectivity index (χ0n) is 9.26. The molecule has 1 aliphatic heterocycles. The Hall–Kier alpha value is -0.110. The van der Waals surface area contributed by atoms with Crippen LogP contribution in [0.15, 0.2) is 0 Å². The molecule has 0 aromatic rings. The molecule has 82 valence electrons. The molecule has 0 radical (unpaired) electrons. The van der Waals surface area contributed by atoms with E-state index in [1.165, 1.54) is 44.9 Å². The van der Waals surface area contributed by atoms with Crippen LogP contribution in [-0.2, 0) is 4.74 Å². The Morgan fingerprint density at radius 3 is 2.57 bits per heavy atom. The lowest BCUT2D eigenvalue weighted by Gasteiger charge is -2.08. The van der Waals surface area contributed by atoms with Crippen molar-refractivity contribution in [2.45, 2.75) is 70.8 Å². The molecule has 1 fully saturated rings. The monoisotopic (exact) mass is 214 g/mol. The van der Waals surface area contributed by atoms with Crippen molar-refractivity contribution in [2.75, 3.05) is 0 Å². The smallest absolute Gasteiger partial charge is 0.160 e. The minimum absolute atomic E-state index is 0.452. The molecule has 0 aliphatic carbocycles. The second-order valence-corrected chi connectivity index (χ2v) is 4.66. The first-order valence-electron chi connectivity index (χ1n) is 6.02. The van der Waals surface area contributed by atoms with Crippen LogP contribution in [0.4, 0.5) is 0 Å². The molecular weight excluding hydrogens is 192 g/mol. The molecular formula is C12H22OS. The van der Waals surface area contributed by atoms with Gasteiger partial charge < -0.3 is 4.74 Å². The fourth-order valence-electron chi connectivity index (χ4n) is 1.94. The molecule has 0 aromatic carbocycles. The van der Waals surface area contributed by atoms with Gasteiger partial charge in [0.25, 0.3) is 0 Å². The molecule has 1 unspecified atom stereocenters. The van der Waals surface area contributed by atoms with Gasteiger partial charge in [-0.3, -0.25) is 0 Å². The quantitative estimate of drug-likeness (QED) is 0.463. The van der Waals surface area contributed by atoms with Gasteiger partial charge in [0.1, 0.15) is 0 Å². The predicted octanol–water partition coefficient (Wildman–Crippen LogP) is 4.24. The highest BCUT2D eigenvalue weighted by atomic mass is 32.1. The Morgan fingerprint density at radius 2 is 1.93 bits per heavy atom. The first kappa shape index (κ1) is 12.0. The maximum absolute atomic E-state index is 5.52. The van der Waals surface area contributed by atoms with Crippen LogP contribution in [0.5, 0.6) is 0 Å². The molecule has 0 N–H and O–H groups in total. The van der Waals surface area contributed by atoms with Crippen LogP contribution in [0.25, 0.3) is 0 Å². The van der Waals surface area contributed by atoms with E-state index in [9.17, 15) is 0 Å². The van der Waals surface area contributed by atoms with Crippen LogP contribution in [0.1, 0.15) is 64.7 Å². The molecule has 1 atom stereocenters. The standard InChI is InChI=1S/C12H22OS/c1-2-3-4-5-6-7-8-11-9-10-12(14)13-11/h11H,2-10H2,1H3. The molecule has 1 nitrogen and oxygen atoms in total. The van der Waals surface area contributed by atoms with Gasteiger partial charge in [0.15, 0.2) is 5.05 Å². The minimum atomic E-state index is 0.452.